The summed E-state index contributed by atoms with van der Waals surface area (Å²) in [7, 11) is -6.45. The molecule has 2 rings (SSSR count). The normalized spacial score (nSPS) is 20.1. The summed E-state index contributed by atoms with van der Waals surface area (Å²) in [5.41, 5.74) is -0.466. The number of nitro groups is 1. The highest BCUT2D eigenvalue weighted by Crippen LogP contribution is 2.40. The minimum absolute atomic E-state index is 0.0908. The van der Waals surface area contributed by atoms with Crippen LogP contribution in [0.3, 0.4) is 0 Å². The Balaban J connectivity index is 1.94. The van der Waals surface area contributed by atoms with Gasteiger partial charge in [0.25, 0.3) is 5.69 Å². The highest BCUT2D eigenvalue weighted by Gasteiger charge is 2.26. The number of hydrogen-bond acceptors (Lipinski definition) is 7. The van der Waals surface area contributed by atoms with Crippen LogP contribution < -0.4 is 4.72 Å². The van der Waals surface area contributed by atoms with Crippen molar-refractivity contribution in [2.75, 3.05) is 37.7 Å². The van der Waals surface area contributed by atoms with E-state index in [9.17, 15) is 27.6 Å². The van der Waals surface area contributed by atoms with E-state index in [0.717, 1.165) is 6.07 Å². The molecule has 0 unspecified atom stereocenters. The third kappa shape index (κ3) is 4.86. The summed E-state index contributed by atoms with van der Waals surface area (Å²) in [6.45, 7) is 1.45. The molecule has 0 spiro atoms. The first-order chi connectivity index (χ1) is 10.7. The van der Waals surface area contributed by atoms with Crippen molar-refractivity contribution in [3.8, 4) is 0 Å². The van der Waals surface area contributed by atoms with Gasteiger partial charge in [-0.1, -0.05) is 12.1 Å². The Morgan fingerprint density at radius 2 is 1.87 bits per heavy atom. The summed E-state index contributed by atoms with van der Waals surface area (Å²) in [6, 6.07) is 5.17. The molecule has 0 aromatic heterocycles. The maximum absolute atomic E-state index is 12.2. The Labute approximate surface area is 135 Å². The maximum atomic E-state index is 12.2. The van der Waals surface area contributed by atoms with Crippen molar-refractivity contribution in [2.45, 2.75) is 4.90 Å². The van der Waals surface area contributed by atoms with Gasteiger partial charge >= 0.3 is 0 Å². The second kappa shape index (κ2) is 7.11. The van der Waals surface area contributed by atoms with E-state index in [-0.39, 0.29) is 22.9 Å². The lowest BCUT2D eigenvalue weighted by Gasteiger charge is -2.40. The molecule has 1 aromatic rings. The summed E-state index contributed by atoms with van der Waals surface area (Å²) in [5.74, 6) is 0.563. The Morgan fingerprint density at radius 1 is 1.26 bits per heavy atom. The minimum atomic E-state index is -3.97. The van der Waals surface area contributed by atoms with E-state index in [1.54, 1.807) is 0 Å². The maximum Gasteiger partial charge on any atom is 0.289 e. The van der Waals surface area contributed by atoms with Gasteiger partial charge in [0, 0.05) is 32.2 Å². The molecule has 1 aliphatic rings. The van der Waals surface area contributed by atoms with Gasteiger partial charge in [-0.15, -0.1) is 0 Å². The minimum Gasteiger partial charge on any atom is -0.299 e. The van der Waals surface area contributed by atoms with E-state index in [4.69, 9.17) is 0 Å². The fourth-order valence-corrected chi connectivity index (χ4v) is 4.74. The lowest BCUT2D eigenvalue weighted by atomic mass is 10.3. The topological polar surface area (TPSA) is 133 Å². The van der Waals surface area contributed by atoms with Gasteiger partial charge in [0.2, 0.25) is 10.0 Å². The van der Waals surface area contributed by atoms with Crippen LogP contribution in [0.2, 0.25) is 0 Å². The predicted molar refractivity (Wildman–Crippen MR) is 87.3 cm³/mol. The van der Waals surface area contributed by atoms with Gasteiger partial charge in [-0.3, -0.25) is 24.1 Å². The van der Waals surface area contributed by atoms with Gasteiger partial charge in [0.15, 0.2) is 4.90 Å². The number of nitrogens with zero attached hydrogens (tertiary/aromatic N) is 2. The Kier molecular flexibility index (Phi) is 5.60. The number of benzene rings is 1. The fraction of sp³-hybridized carbons (Fsp3) is 0.500. The number of rotatable bonds is 6. The highest BCUT2D eigenvalue weighted by atomic mass is 32.3. The number of para-hydroxylation sites is 1. The van der Waals surface area contributed by atoms with Gasteiger partial charge in [-0.25, -0.2) is 13.1 Å². The van der Waals surface area contributed by atoms with Crippen LogP contribution in [-0.2, 0) is 10.0 Å². The van der Waals surface area contributed by atoms with Crippen molar-refractivity contribution in [1.82, 2.24) is 9.62 Å². The number of nitrogens with one attached hydrogen (secondary N) is 1. The SMILES string of the molecule is O=[N+]([O-])c1ccccc1S(=O)(=O)NCCN1CCS(O)(O)CC1. The van der Waals surface area contributed by atoms with Gasteiger partial charge in [0.1, 0.15) is 0 Å². The number of hydrogen-bond donors (Lipinski definition) is 3. The summed E-state index contributed by atoms with van der Waals surface area (Å²) < 4.78 is 45.8. The average molecular weight is 365 g/mol. The Hall–Kier alpha value is -1.24. The summed E-state index contributed by atoms with van der Waals surface area (Å²) in [6.07, 6.45) is 0. The van der Waals surface area contributed by atoms with Crippen LogP contribution in [0, 0.1) is 10.1 Å². The third-order valence-corrected chi connectivity index (χ3v) is 6.72. The van der Waals surface area contributed by atoms with Crippen molar-refractivity contribution in [3.05, 3.63) is 34.4 Å². The largest absolute Gasteiger partial charge is 0.299 e. The molecule has 0 atom stereocenters. The van der Waals surface area contributed by atoms with Crippen LogP contribution in [0.1, 0.15) is 0 Å². The molecule has 0 bridgehead atoms. The van der Waals surface area contributed by atoms with Crippen LogP contribution in [0.15, 0.2) is 29.2 Å². The van der Waals surface area contributed by atoms with Crippen molar-refractivity contribution >= 4 is 26.3 Å². The zero-order valence-corrected chi connectivity index (χ0v) is 13.9. The molecular formula is C12H19N3O6S2. The van der Waals surface area contributed by atoms with Crippen molar-refractivity contribution in [1.29, 1.82) is 0 Å². The summed E-state index contributed by atoms with van der Waals surface area (Å²) >= 11 is 0. The quantitative estimate of drug-likeness (QED) is 0.504. The first kappa shape index (κ1) is 18.1. The van der Waals surface area contributed by atoms with Crippen LogP contribution in [0.5, 0.6) is 0 Å². The molecule has 9 nitrogen and oxygen atoms in total. The molecule has 0 aliphatic carbocycles. The van der Waals surface area contributed by atoms with Crippen molar-refractivity contribution in [2.24, 2.45) is 0 Å². The van der Waals surface area contributed by atoms with Crippen LogP contribution in [0.4, 0.5) is 5.69 Å². The molecule has 11 heteroatoms. The monoisotopic (exact) mass is 365 g/mol. The molecule has 3 N–H and O–H groups in total. The molecule has 23 heavy (non-hydrogen) atoms. The molecule has 1 aliphatic heterocycles. The molecule has 130 valence electrons. The van der Waals surface area contributed by atoms with Crippen LogP contribution in [0.25, 0.3) is 0 Å². The predicted octanol–water partition coefficient (Wildman–Crippen LogP) is 0.939. The Morgan fingerprint density at radius 3 is 2.48 bits per heavy atom. The standard InChI is InChI=1S/C12H19N3O6S2/c16-15(17)11-3-1-2-4-12(11)23(20,21)13-5-6-14-7-9-22(18,19)10-8-14/h1-4,13,18-19H,5-10H2. The second-order valence-electron chi connectivity index (χ2n) is 5.17. The average Bonchev–Trinajstić information content (AvgIpc) is 2.49. The first-order valence-corrected chi connectivity index (χ1v) is 10.3. The molecule has 0 saturated carbocycles. The van der Waals surface area contributed by atoms with Gasteiger partial charge in [-0.2, -0.15) is 10.6 Å². The van der Waals surface area contributed by atoms with E-state index >= 15 is 0 Å². The van der Waals surface area contributed by atoms with Crippen molar-refractivity contribution in [3.63, 3.8) is 0 Å². The Bertz CT molecular complexity index is 669. The summed E-state index contributed by atoms with van der Waals surface area (Å²) in [5, 5.41) is 10.9. The lowest BCUT2D eigenvalue weighted by Crippen LogP contribution is -2.42. The van der Waals surface area contributed by atoms with Crippen LogP contribution in [-0.4, -0.2) is 65.0 Å². The van der Waals surface area contributed by atoms with E-state index in [2.05, 4.69) is 4.72 Å². The number of nitro benzene ring substituents is 1. The molecule has 0 radical (unpaired) electrons. The second-order valence-corrected chi connectivity index (χ2v) is 9.33. The molecule has 1 heterocycles. The van der Waals surface area contributed by atoms with Crippen molar-refractivity contribution < 1.29 is 22.4 Å². The van der Waals surface area contributed by atoms with Crippen LogP contribution >= 0.6 is 10.6 Å². The zero-order chi connectivity index (χ0) is 17.1. The zero-order valence-electron chi connectivity index (χ0n) is 12.3. The highest BCUT2D eigenvalue weighted by molar-refractivity contribution is 8.24. The molecule has 1 fully saturated rings. The van der Waals surface area contributed by atoms with E-state index in [1.807, 2.05) is 4.90 Å². The number of sulfonamides is 1. The summed E-state index contributed by atoms with van der Waals surface area (Å²) in [4.78, 5) is 11.7. The molecule has 1 aromatic carbocycles. The van der Waals surface area contributed by atoms with E-state index < -0.39 is 31.2 Å². The fourth-order valence-electron chi connectivity index (χ4n) is 2.24. The van der Waals surface area contributed by atoms with E-state index in [1.165, 1.54) is 18.2 Å². The van der Waals surface area contributed by atoms with Gasteiger partial charge in [0.05, 0.1) is 16.4 Å². The third-order valence-electron chi connectivity index (χ3n) is 3.54. The van der Waals surface area contributed by atoms with Gasteiger partial charge in [-0.05, 0) is 6.07 Å². The van der Waals surface area contributed by atoms with E-state index in [0.29, 0.717) is 19.6 Å². The molecule has 1 saturated heterocycles. The molecule has 0 amide bonds. The van der Waals surface area contributed by atoms with Gasteiger partial charge < -0.3 is 0 Å². The lowest BCUT2D eigenvalue weighted by molar-refractivity contribution is -0.387. The molecular weight excluding hydrogens is 346 g/mol. The first-order valence-electron chi connectivity index (χ1n) is 6.90. The smallest absolute Gasteiger partial charge is 0.289 e.